The van der Waals surface area contributed by atoms with Crippen molar-refractivity contribution in [2.24, 2.45) is 10.9 Å². The Hall–Kier alpha value is -3.48. The number of rotatable bonds is 6. The van der Waals surface area contributed by atoms with Crippen LogP contribution in [0.1, 0.15) is 30.9 Å². The molecule has 5 nitrogen and oxygen atoms in total. The van der Waals surface area contributed by atoms with Crippen LogP contribution in [-0.2, 0) is 9.53 Å². The molecule has 7 heteroatoms. The molecule has 1 aromatic heterocycles. The number of aryl methyl sites for hydroxylation is 1. The average molecular weight is 544 g/mol. The van der Waals surface area contributed by atoms with E-state index >= 15 is 0 Å². The van der Waals surface area contributed by atoms with Gasteiger partial charge in [-0.3, -0.25) is 4.79 Å². The number of aromatic nitrogens is 1. The average Bonchev–Trinajstić information content (AvgIpc) is 3.37. The van der Waals surface area contributed by atoms with Crippen LogP contribution < -0.4 is 0 Å². The summed E-state index contributed by atoms with van der Waals surface area (Å²) in [6.07, 6.45) is 1.73. The third-order valence-electron chi connectivity index (χ3n) is 6.61. The van der Waals surface area contributed by atoms with Gasteiger partial charge in [0.1, 0.15) is 21.5 Å². The van der Waals surface area contributed by atoms with Gasteiger partial charge in [0.05, 0.1) is 12.5 Å². The minimum Gasteiger partial charge on any atom is -0.466 e. The Balaban J connectivity index is 1.62. The van der Waals surface area contributed by atoms with Gasteiger partial charge < -0.3 is 9.64 Å². The molecule has 0 amide bonds. The number of amidine groups is 1. The van der Waals surface area contributed by atoms with E-state index in [4.69, 9.17) is 26.3 Å². The molecule has 1 fully saturated rings. The van der Waals surface area contributed by atoms with Crippen LogP contribution in [0.25, 0.3) is 21.8 Å². The first-order valence-electron chi connectivity index (χ1n) is 12.9. The number of hydrogen-bond acceptors (Lipinski definition) is 5. The molecule has 1 unspecified atom stereocenters. The lowest BCUT2D eigenvalue weighted by molar-refractivity contribution is -0.149. The van der Waals surface area contributed by atoms with E-state index < -0.39 is 0 Å². The number of carbonyl (C=O) groups is 1. The largest absolute Gasteiger partial charge is 0.466 e. The van der Waals surface area contributed by atoms with Crippen molar-refractivity contribution in [1.82, 2.24) is 9.88 Å². The first-order valence-corrected chi connectivity index (χ1v) is 14.1. The topological polar surface area (TPSA) is 54.8 Å². The Morgan fingerprint density at radius 2 is 1.79 bits per heavy atom. The summed E-state index contributed by atoms with van der Waals surface area (Å²) in [5.74, 6) is 0.551. The molecule has 0 spiro atoms. The van der Waals surface area contributed by atoms with Crippen molar-refractivity contribution in [1.29, 1.82) is 0 Å². The monoisotopic (exact) mass is 543 g/mol. The first-order chi connectivity index (χ1) is 18.5. The summed E-state index contributed by atoms with van der Waals surface area (Å²) in [6, 6.07) is 26.3. The van der Waals surface area contributed by atoms with Gasteiger partial charge in [-0.2, -0.15) is 0 Å². The first kappa shape index (κ1) is 26.1. The van der Waals surface area contributed by atoms with Crippen molar-refractivity contribution in [2.45, 2.75) is 26.7 Å². The van der Waals surface area contributed by atoms with Gasteiger partial charge in [0.25, 0.3) is 0 Å². The molecular weight excluding hydrogens is 514 g/mol. The van der Waals surface area contributed by atoms with Crippen LogP contribution in [-0.4, -0.2) is 41.4 Å². The van der Waals surface area contributed by atoms with Crippen molar-refractivity contribution in [3.63, 3.8) is 0 Å². The minimum absolute atomic E-state index is 0.131. The second kappa shape index (κ2) is 11.9. The maximum absolute atomic E-state index is 12.6. The normalized spacial score (nSPS) is 15.9. The molecular formula is C31H30ClN3O2S. The highest BCUT2D eigenvalue weighted by Gasteiger charge is 2.29. The van der Waals surface area contributed by atoms with Gasteiger partial charge >= 0.3 is 5.97 Å². The van der Waals surface area contributed by atoms with Crippen LogP contribution in [0.3, 0.4) is 0 Å². The van der Waals surface area contributed by atoms with Crippen LogP contribution in [0.5, 0.6) is 0 Å². The maximum atomic E-state index is 12.6. The number of piperidine rings is 1. The molecule has 1 aliphatic heterocycles. The van der Waals surface area contributed by atoms with Crippen molar-refractivity contribution < 1.29 is 9.53 Å². The summed E-state index contributed by atoms with van der Waals surface area (Å²) in [4.78, 5) is 25.2. The number of carbonyl (C=O) groups excluding carboxylic acids is 1. The molecule has 1 saturated heterocycles. The molecule has 0 N–H and O–H groups in total. The molecule has 5 rings (SSSR count). The van der Waals surface area contributed by atoms with E-state index in [1.807, 2.05) is 49.4 Å². The van der Waals surface area contributed by atoms with E-state index in [1.54, 1.807) is 11.3 Å². The molecule has 2 heterocycles. The van der Waals surface area contributed by atoms with Gasteiger partial charge in [-0.05, 0) is 38.8 Å². The minimum atomic E-state index is -0.168. The van der Waals surface area contributed by atoms with Crippen LogP contribution in [0.15, 0.2) is 83.9 Å². The SMILES string of the molecule is CCOC(=O)C1CCCN(C(=Nc2sc(-c3ccc(Cl)cc3)nc2-c2ccccc2)c2ccc(C)cc2)C1. The molecule has 1 atom stereocenters. The van der Waals surface area contributed by atoms with Crippen LogP contribution >= 0.6 is 22.9 Å². The number of ether oxygens (including phenoxy) is 1. The van der Waals surface area contributed by atoms with Gasteiger partial charge in [0.15, 0.2) is 0 Å². The van der Waals surface area contributed by atoms with Gasteiger partial charge in [-0.1, -0.05) is 95.2 Å². The third kappa shape index (κ3) is 5.98. The predicted octanol–water partition coefficient (Wildman–Crippen LogP) is 7.79. The lowest BCUT2D eigenvalue weighted by atomic mass is 9.97. The number of benzene rings is 3. The second-order valence-corrected chi connectivity index (χ2v) is 10.8. The van der Waals surface area contributed by atoms with Crippen molar-refractivity contribution in [3.05, 3.63) is 95.0 Å². The van der Waals surface area contributed by atoms with E-state index in [0.717, 1.165) is 57.6 Å². The highest BCUT2D eigenvalue weighted by Crippen LogP contribution is 2.41. The van der Waals surface area contributed by atoms with E-state index in [2.05, 4.69) is 48.2 Å². The quantitative estimate of drug-likeness (QED) is 0.141. The third-order valence-corrected chi connectivity index (χ3v) is 7.86. The number of thiazole rings is 1. The highest BCUT2D eigenvalue weighted by atomic mass is 35.5. The van der Waals surface area contributed by atoms with Gasteiger partial charge in [-0.15, -0.1) is 0 Å². The molecule has 38 heavy (non-hydrogen) atoms. The van der Waals surface area contributed by atoms with Gasteiger partial charge in [-0.25, -0.2) is 9.98 Å². The maximum Gasteiger partial charge on any atom is 0.310 e. The van der Waals surface area contributed by atoms with E-state index in [0.29, 0.717) is 18.2 Å². The molecule has 3 aromatic carbocycles. The fourth-order valence-electron chi connectivity index (χ4n) is 4.63. The number of likely N-dealkylation sites (tertiary alicyclic amines) is 1. The van der Waals surface area contributed by atoms with Crippen molar-refractivity contribution in [2.75, 3.05) is 19.7 Å². The number of aliphatic imine (C=N–C) groups is 1. The summed E-state index contributed by atoms with van der Waals surface area (Å²) in [6.45, 7) is 5.72. The van der Waals surface area contributed by atoms with Gasteiger partial charge in [0, 0.05) is 34.8 Å². The standard InChI is InChI=1S/C31H30ClN3O2S/c1-3-37-31(36)25-10-7-19-35(20-25)28(23-13-11-21(2)12-14-23)34-30-27(22-8-5-4-6-9-22)33-29(38-30)24-15-17-26(32)18-16-24/h4-6,8-9,11-18,25H,3,7,10,19-20H2,1-2H3. The number of hydrogen-bond donors (Lipinski definition) is 0. The predicted molar refractivity (Wildman–Crippen MR) is 156 cm³/mol. The molecule has 1 aliphatic rings. The Kier molecular flexibility index (Phi) is 8.20. The highest BCUT2D eigenvalue weighted by molar-refractivity contribution is 7.19. The Bertz CT molecular complexity index is 1420. The summed E-state index contributed by atoms with van der Waals surface area (Å²) in [7, 11) is 0. The van der Waals surface area contributed by atoms with Crippen molar-refractivity contribution in [3.8, 4) is 21.8 Å². The number of halogens is 1. The summed E-state index contributed by atoms with van der Waals surface area (Å²) in [5.41, 5.74) is 5.04. The Morgan fingerprint density at radius 1 is 1.05 bits per heavy atom. The molecule has 194 valence electrons. The lowest BCUT2D eigenvalue weighted by Crippen LogP contribution is -2.43. The molecule has 4 aromatic rings. The molecule has 0 bridgehead atoms. The fourth-order valence-corrected chi connectivity index (χ4v) is 5.72. The Morgan fingerprint density at radius 3 is 2.50 bits per heavy atom. The van der Waals surface area contributed by atoms with Crippen molar-refractivity contribution >= 4 is 39.7 Å². The van der Waals surface area contributed by atoms with Gasteiger partial charge in [0.2, 0.25) is 0 Å². The summed E-state index contributed by atoms with van der Waals surface area (Å²) in [5, 5.41) is 2.40. The zero-order chi connectivity index (χ0) is 26.5. The summed E-state index contributed by atoms with van der Waals surface area (Å²) < 4.78 is 5.36. The second-order valence-electron chi connectivity index (χ2n) is 9.38. The lowest BCUT2D eigenvalue weighted by Gasteiger charge is -2.34. The number of esters is 1. The van der Waals surface area contributed by atoms with Crippen LogP contribution in [0.4, 0.5) is 5.00 Å². The summed E-state index contributed by atoms with van der Waals surface area (Å²) >= 11 is 7.70. The molecule has 0 radical (unpaired) electrons. The van der Waals surface area contributed by atoms with Crippen LogP contribution in [0, 0.1) is 12.8 Å². The Labute approximate surface area is 232 Å². The zero-order valence-corrected chi connectivity index (χ0v) is 23.1. The fraction of sp³-hybridized carbons (Fsp3) is 0.258. The van der Waals surface area contributed by atoms with Crippen LogP contribution in [0.2, 0.25) is 5.02 Å². The number of nitrogens with zero attached hydrogens (tertiary/aromatic N) is 3. The molecule has 0 aliphatic carbocycles. The smallest absolute Gasteiger partial charge is 0.310 e. The van der Waals surface area contributed by atoms with E-state index in [9.17, 15) is 4.79 Å². The van der Waals surface area contributed by atoms with E-state index in [1.165, 1.54) is 5.56 Å². The molecule has 0 saturated carbocycles. The van der Waals surface area contributed by atoms with E-state index in [-0.39, 0.29) is 11.9 Å². The zero-order valence-electron chi connectivity index (χ0n) is 21.6.